The Balaban J connectivity index is 1.83. The van der Waals surface area contributed by atoms with E-state index >= 15 is 0 Å². The fourth-order valence-electron chi connectivity index (χ4n) is 4.00. The second kappa shape index (κ2) is 5.95. The monoisotopic (exact) mass is 309 g/mol. The van der Waals surface area contributed by atoms with Crippen LogP contribution in [0.3, 0.4) is 0 Å². The second-order valence-corrected chi connectivity index (χ2v) is 7.38. The van der Waals surface area contributed by atoms with Gasteiger partial charge in [0.05, 0.1) is 18.1 Å². The Labute approximate surface area is 132 Å². The van der Waals surface area contributed by atoms with Crippen molar-refractivity contribution in [3.63, 3.8) is 0 Å². The summed E-state index contributed by atoms with van der Waals surface area (Å²) >= 11 is 0. The van der Waals surface area contributed by atoms with Crippen molar-refractivity contribution in [2.75, 3.05) is 27.2 Å². The van der Waals surface area contributed by atoms with Crippen LogP contribution < -0.4 is 0 Å². The first-order valence-electron chi connectivity index (χ1n) is 8.26. The summed E-state index contributed by atoms with van der Waals surface area (Å²) in [6, 6.07) is 0. The summed E-state index contributed by atoms with van der Waals surface area (Å²) in [4.78, 5) is 14.4. The lowest BCUT2D eigenvalue weighted by atomic mass is 9.80. The molecular formula is C17H27NO4. The number of aliphatic hydroxyl groups excluding tert-OH is 1. The number of hydrogen-bond donors (Lipinski definition) is 1. The van der Waals surface area contributed by atoms with Gasteiger partial charge in [-0.15, -0.1) is 0 Å². The maximum absolute atomic E-state index is 12.3. The zero-order valence-electron chi connectivity index (χ0n) is 13.7. The summed E-state index contributed by atoms with van der Waals surface area (Å²) in [6.45, 7) is 2.92. The van der Waals surface area contributed by atoms with Crippen LogP contribution in [0.2, 0.25) is 0 Å². The minimum atomic E-state index is -0.176. The molecule has 0 bridgehead atoms. The Morgan fingerprint density at radius 1 is 1.45 bits per heavy atom. The Bertz CT molecular complexity index is 475. The average Bonchev–Trinajstić information content (AvgIpc) is 3.04. The van der Waals surface area contributed by atoms with E-state index in [4.69, 9.17) is 9.47 Å². The molecule has 2 heterocycles. The normalized spacial score (nSPS) is 43.9. The van der Waals surface area contributed by atoms with Crippen LogP contribution in [0.1, 0.15) is 32.6 Å². The van der Waals surface area contributed by atoms with E-state index in [1.165, 1.54) is 0 Å². The molecule has 0 radical (unpaired) electrons. The third-order valence-electron chi connectivity index (χ3n) is 5.37. The van der Waals surface area contributed by atoms with Gasteiger partial charge in [-0.25, -0.2) is 0 Å². The van der Waals surface area contributed by atoms with Crippen molar-refractivity contribution in [1.29, 1.82) is 0 Å². The molecule has 3 rings (SSSR count). The lowest BCUT2D eigenvalue weighted by Crippen LogP contribution is -2.34. The van der Waals surface area contributed by atoms with Crippen LogP contribution in [0.5, 0.6) is 0 Å². The average molecular weight is 309 g/mol. The molecule has 5 atom stereocenters. The van der Waals surface area contributed by atoms with E-state index < -0.39 is 0 Å². The molecule has 5 nitrogen and oxygen atoms in total. The number of epoxide rings is 1. The second-order valence-electron chi connectivity index (χ2n) is 7.38. The van der Waals surface area contributed by atoms with Crippen LogP contribution in [0.25, 0.3) is 0 Å². The zero-order chi connectivity index (χ0) is 15.9. The van der Waals surface area contributed by atoms with Crippen LogP contribution >= 0.6 is 0 Å². The van der Waals surface area contributed by atoms with Gasteiger partial charge in [-0.1, -0.05) is 6.08 Å². The molecule has 1 N–H and O–H groups in total. The van der Waals surface area contributed by atoms with E-state index in [1.54, 1.807) is 0 Å². The number of carbonyl (C=O) groups is 1. The Kier molecular flexibility index (Phi) is 4.32. The van der Waals surface area contributed by atoms with E-state index in [0.717, 1.165) is 31.3 Å². The van der Waals surface area contributed by atoms with Crippen LogP contribution in [-0.4, -0.2) is 61.0 Å². The number of fused-ring (bicyclic) bond motifs is 3. The molecule has 22 heavy (non-hydrogen) atoms. The minimum Gasteiger partial charge on any atom is -0.459 e. The number of aliphatic hydroxyl groups is 1. The Morgan fingerprint density at radius 2 is 2.23 bits per heavy atom. The molecular weight excluding hydrogens is 282 g/mol. The number of esters is 1. The van der Waals surface area contributed by atoms with Crippen molar-refractivity contribution in [2.24, 2.45) is 11.8 Å². The van der Waals surface area contributed by atoms with E-state index in [2.05, 4.69) is 13.0 Å². The van der Waals surface area contributed by atoms with Crippen LogP contribution in [0.15, 0.2) is 11.6 Å². The number of nitrogens with zero attached hydrogens (tertiary/aromatic N) is 1. The first-order valence-corrected chi connectivity index (χ1v) is 8.26. The van der Waals surface area contributed by atoms with Gasteiger partial charge >= 0.3 is 5.97 Å². The number of allylic oxidation sites excluding steroid dienone is 1. The third kappa shape index (κ3) is 2.94. The van der Waals surface area contributed by atoms with Gasteiger partial charge in [-0.05, 0) is 52.3 Å². The SMILES string of the molecule is CN(C)C[C@@H]1C(=O)O[C@@H]2C3O[C@]3(C)CC/C=C(/CO)CC[C@@H]12. The van der Waals surface area contributed by atoms with Gasteiger partial charge in [0.15, 0.2) is 0 Å². The molecule has 2 fully saturated rings. The molecule has 0 aromatic rings. The van der Waals surface area contributed by atoms with E-state index in [1.807, 2.05) is 19.0 Å². The summed E-state index contributed by atoms with van der Waals surface area (Å²) in [5, 5.41) is 9.51. The highest BCUT2D eigenvalue weighted by atomic mass is 16.6. The van der Waals surface area contributed by atoms with Gasteiger partial charge in [0.25, 0.3) is 0 Å². The summed E-state index contributed by atoms with van der Waals surface area (Å²) in [6.07, 6.45) is 5.59. The quantitative estimate of drug-likeness (QED) is 0.484. The van der Waals surface area contributed by atoms with Crippen molar-refractivity contribution in [1.82, 2.24) is 4.90 Å². The first-order chi connectivity index (χ1) is 10.4. The van der Waals surface area contributed by atoms with Crippen molar-refractivity contribution in [3.05, 3.63) is 11.6 Å². The maximum atomic E-state index is 12.3. The minimum absolute atomic E-state index is 0.0395. The Hall–Kier alpha value is -0.910. The van der Waals surface area contributed by atoms with Gasteiger partial charge in [0, 0.05) is 12.5 Å². The molecule has 2 aliphatic heterocycles. The molecule has 3 aliphatic rings. The Morgan fingerprint density at radius 3 is 2.91 bits per heavy atom. The predicted molar refractivity (Wildman–Crippen MR) is 82.3 cm³/mol. The zero-order valence-corrected chi connectivity index (χ0v) is 13.7. The van der Waals surface area contributed by atoms with Crippen LogP contribution in [0, 0.1) is 11.8 Å². The summed E-state index contributed by atoms with van der Waals surface area (Å²) in [7, 11) is 3.97. The van der Waals surface area contributed by atoms with E-state index in [-0.39, 0.29) is 42.2 Å². The molecule has 2 saturated heterocycles. The van der Waals surface area contributed by atoms with Gasteiger partial charge in [-0.2, -0.15) is 0 Å². The highest BCUT2D eigenvalue weighted by Crippen LogP contribution is 2.50. The molecule has 0 saturated carbocycles. The first kappa shape index (κ1) is 16.0. The molecule has 1 aliphatic carbocycles. The predicted octanol–water partition coefficient (Wildman–Crippen LogP) is 1.36. The highest BCUT2D eigenvalue weighted by molar-refractivity contribution is 5.75. The lowest BCUT2D eigenvalue weighted by Gasteiger charge is -2.24. The van der Waals surface area contributed by atoms with Gasteiger partial charge in [0.1, 0.15) is 12.2 Å². The topological polar surface area (TPSA) is 62.3 Å². The molecule has 1 unspecified atom stereocenters. The fraction of sp³-hybridized carbons (Fsp3) is 0.824. The van der Waals surface area contributed by atoms with Crippen molar-refractivity contribution >= 4 is 5.97 Å². The maximum Gasteiger partial charge on any atom is 0.311 e. The largest absolute Gasteiger partial charge is 0.459 e. The summed E-state index contributed by atoms with van der Waals surface area (Å²) in [5.41, 5.74) is 0.898. The fourth-order valence-corrected chi connectivity index (χ4v) is 4.00. The standard InChI is InChI=1S/C17H27NO4/c1-17-8-4-5-11(10-19)6-7-12-13(9-18(2)3)16(20)21-14(12)15(17)22-17/h5,12-15,19H,4,6-10H2,1-3H3/b11-5+/t12-,13-,14-,15?,17+/m0/s1. The number of hydrogen-bond acceptors (Lipinski definition) is 5. The molecule has 124 valence electrons. The smallest absolute Gasteiger partial charge is 0.311 e. The third-order valence-corrected chi connectivity index (χ3v) is 5.37. The van der Waals surface area contributed by atoms with Crippen molar-refractivity contribution < 1.29 is 19.4 Å². The highest BCUT2D eigenvalue weighted by Gasteiger charge is 2.62. The van der Waals surface area contributed by atoms with Crippen LogP contribution in [0.4, 0.5) is 0 Å². The van der Waals surface area contributed by atoms with E-state index in [9.17, 15) is 9.90 Å². The lowest BCUT2D eigenvalue weighted by molar-refractivity contribution is -0.145. The summed E-state index contributed by atoms with van der Waals surface area (Å²) in [5.74, 6) is -0.00193. The molecule has 0 spiro atoms. The molecule has 0 aromatic carbocycles. The molecule has 0 aromatic heterocycles. The number of ether oxygens (including phenoxy) is 2. The summed E-state index contributed by atoms with van der Waals surface area (Å²) < 4.78 is 11.7. The molecule has 0 amide bonds. The van der Waals surface area contributed by atoms with E-state index in [0.29, 0.717) is 6.54 Å². The van der Waals surface area contributed by atoms with Crippen molar-refractivity contribution in [3.8, 4) is 0 Å². The van der Waals surface area contributed by atoms with Gasteiger partial charge in [-0.3, -0.25) is 4.79 Å². The number of rotatable bonds is 3. The molecule has 5 heteroatoms. The van der Waals surface area contributed by atoms with Crippen molar-refractivity contribution in [2.45, 2.75) is 50.4 Å². The van der Waals surface area contributed by atoms with Gasteiger partial charge < -0.3 is 19.5 Å². The van der Waals surface area contributed by atoms with Gasteiger partial charge in [0.2, 0.25) is 0 Å². The number of carbonyl (C=O) groups excluding carboxylic acids is 1. The van der Waals surface area contributed by atoms with Crippen LogP contribution in [-0.2, 0) is 14.3 Å².